The second kappa shape index (κ2) is 7.91. The Bertz CT molecular complexity index is 331. The van der Waals surface area contributed by atoms with Crippen LogP contribution in [0.2, 0.25) is 0 Å². The standard InChI is InChI=1S/C10H18N4.C2H6.H2/c1-4-6-12-10(11)9-7-13-14(5-2)8(9)3;1-2;/h7H,4-6H2,1-3H3,(H2,11,12);1-2H3;1H. The fourth-order valence-corrected chi connectivity index (χ4v) is 1.33. The molecule has 16 heavy (non-hydrogen) atoms. The first kappa shape index (κ1) is 14.7. The summed E-state index contributed by atoms with van der Waals surface area (Å²) in [5, 5.41) is 4.22. The normalized spacial score (nSPS) is 10.9. The van der Waals surface area contributed by atoms with Crippen LogP contribution in [0.25, 0.3) is 0 Å². The third kappa shape index (κ3) is 3.68. The molecule has 0 unspecified atom stereocenters. The highest BCUT2D eigenvalue weighted by Crippen LogP contribution is 2.06. The second-order valence-corrected chi connectivity index (χ2v) is 3.23. The van der Waals surface area contributed by atoms with Crippen molar-refractivity contribution in [2.24, 2.45) is 10.7 Å². The van der Waals surface area contributed by atoms with Gasteiger partial charge in [0.25, 0.3) is 0 Å². The van der Waals surface area contributed by atoms with Gasteiger partial charge in [-0.05, 0) is 20.3 Å². The molecule has 94 valence electrons. The van der Waals surface area contributed by atoms with E-state index in [1.54, 1.807) is 6.20 Å². The molecule has 0 radical (unpaired) electrons. The minimum atomic E-state index is 0. The van der Waals surface area contributed by atoms with Crippen LogP contribution in [0, 0.1) is 6.92 Å². The molecule has 1 heterocycles. The summed E-state index contributed by atoms with van der Waals surface area (Å²) in [6, 6.07) is 0. The van der Waals surface area contributed by atoms with Crippen molar-refractivity contribution in [2.75, 3.05) is 6.54 Å². The van der Waals surface area contributed by atoms with Gasteiger partial charge in [-0.2, -0.15) is 5.10 Å². The fraction of sp³-hybridized carbons (Fsp3) is 0.667. The summed E-state index contributed by atoms with van der Waals surface area (Å²) in [5.74, 6) is 0.601. The zero-order valence-corrected chi connectivity index (χ0v) is 11.1. The molecular weight excluding hydrogens is 200 g/mol. The van der Waals surface area contributed by atoms with Crippen molar-refractivity contribution in [2.45, 2.75) is 47.6 Å². The molecule has 0 atom stereocenters. The summed E-state index contributed by atoms with van der Waals surface area (Å²) in [6.07, 6.45) is 2.80. The van der Waals surface area contributed by atoms with Gasteiger partial charge in [-0.15, -0.1) is 0 Å². The lowest BCUT2D eigenvalue weighted by Gasteiger charge is -2.01. The summed E-state index contributed by atoms with van der Waals surface area (Å²) < 4.78 is 1.92. The van der Waals surface area contributed by atoms with Gasteiger partial charge in [-0.3, -0.25) is 9.67 Å². The van der Waals surface area contributed by atoms with Crippen LogP contribution in [0.5, 0.6) is 0 Å². The molecule has 4 nitrogen and oxygen atoms in total. The van der Waals surface area contributed by atoms with E-state index in [1.807, 2.05) is 25.5 Å². The molecule has 0 spiro atoms. The molecule has 1 aromatic rings. The highest BCUT2D eigenvalue weighted by Gasteiger charge is 2.07. The number of nitrogens with two attached hydrogens (primary N) is 1. The minimum Gasteiger partial charge on any atom is -0.383 e. The first-order valence-corrected chi connectivity index (χ1v) is 6.03. The average Bonchev–Trinajstić information content (AvgIpc) is 2.70. The van der Waals surface area contributed by atoms with Crippen LogP contribution in [0.4, 0.5) is 0 Å². The van der Waals surface area contributed by atoms with Crippen LogP contribution in [0.15, 0.2) is 11.2 Å². The van der Waals surface area contributed by atoms with Crippen LogP contribution in [-0.2, 0) is 6.54 Å². The van der Waals surface area contributed by atoms with E-state index in [2.05, 4.69) is 23.9 Å². The first-order chi connectivity index (χ1) is 7.70. The fourth-order valence-electron chi connectivity index (χ4n) is 1.33. The lowest BCUT2D eigenvalue weighted by molar-refractivity contribution is 0.639. The number of aryl methyl sites for hydroxylation is 1. The number of hydrogen-bond acceptors (Lipinski definition) is 2. The maximum atomic E-state index is 5.85. The van der Waals surface area contributed by atoms with E-state index in [0.717, 1.165) is 30.8 Å². The van der Waals surface area contributed by atoms with Crippen molar-refractivity contribution < 1.29 is 1.43 Å². The van der Waals surface area contributed by atoms with E-state index >= 15 is 0 Å². The molecule has 1 aromatic heterocycles. The van der Waals surface area contributed by atoms with E-state index in [9.17, 15) is 0 Å². The predicted molar refractivity (Wildman–Crippen MR) is 72.0 cm³/mol. The van der Waals surface area contributed by atoms with Gasteiger partial charge < -0.3 is 5.73 Å². The van der Waals surface area contributed by atoms with Gasteiger partial charge in [0.2, 0.25) is 0 Å². The first-order valence-electron chi connectivity index (χ1n) is 6.03. The molecule has 0 aliphatic heterocycles. The van der Waals surface area contributed by atoms with Crippen LogP contribution >= 0.6 is 0 Å². The van der Waals surface area contributed by atoms with Crippen LogP contribution in [0.1, 0.15) is 46.8 Å². The zero-order valence-electron chi connectivity index (χ0n) is 11.1. The number of aliphatic imine (C=N–C) groups is 1. The Hall–Kier alpha value is -1.32. The quantitative estimate of drug-likeness (QED) is 0.633. The van der Waals surface area contributed by atoms with E-state index in [-0.39, 0.29) is 1.43 Å². The molecule has 0 aliphatic rings. The third-order valence-corrected chi connectivity index (χ3v) is 2.18. The molecule has 1 rings (SSSR count). The molecule has 0 saturated heterocycles. The SMILES string of the molecule is CC.CCCN=C(N)c1cnn(CC)c1C.[HH]. The molecule has 2 N–H and O–H groups in total. The van der Waals surface area contributed by atoms with Gasteiger partial charge in [-0.1, -0.05) is 20.8 Å². The number of hydrogen-bond donors (Lipinski definition) is 1. The number of amidine groups is 1. The zero-order chi connectivity index (χ0) is 12.6. The van der Waals surface area contributed by atoms with E-state index in [0.29, 0.717) is 5.84 Å². The largest absolute Gasteiger partial charge is 0.383 e. The monoisotopic (exact) mass is 226 g/mol. The lowest BCUT2D eigenvalue weighted by atomic mass is 10.2. The highest BCUT2D eigenvalue weighted by molar-refractivity contribution is 5.98. The summed E-state index contributed by atoms with van der Waals surface area (Å²) >= 11 is 0. The van der Waals surface area contributed by atoms with Crippen molar-refractivity contribution >= 4 is 5.84 Å². The number of aromatic nitrogens is 2. The highest BCUT2D eigenvalue weighted by atomic mass is 15.3. The molecular formula is C12H26N4. The molecule has 0 amide bonds. The van der Waals surface area contributed by atoms with Gasteiger partial charge >= 0.3 is 0 Å². The summed E-state index contributed by atoms with van der Waals surface area (Å²) in [5.41, 5.74) is 7.89. The molecule has 0 aromatic carbocycles. The maximum absolute atomic E-state index is 5.85. The summed E-state index contributed by atoms with van der Waals surface area (Å²) in [6.45, 7) is 11.8. The van der Waals surface area contributed by atoms with E-state index in [1.165, 1.54) is 0 Å². The molecule has 0 bridgehead atoms. The Kier molecular flexibility index (Phi) is 7.25. The maximum Gasteiger partial charge on any atom is 0.129 e. The summed E-state index contributed by atoms with van der Waals surface area (Å²) in [4.78, 5) is 4.26. The predicted octanol–water partition coefficient (Wildman–Crippen LogP) is 2.60. The van der Waals surface area contributed by atoms with Gasteiger partial charge in [0.1, 0.15) is 5.84 Å². The van der Waals surface area contributed by atoms with Crippen molar-refractivity contribution in [3.05, 3.63) is 17.5 Å². The minimum absolute atomic E-state index is 0. The molecule has 0 saturated carbocycles. The Morgan fingerprint density at radius 2 is 2.12 bits per heavy atom. The Balaban J connectivity index is 0. The van der Waals surface area contributed by atoms with Gasteiger partial charge in [0, 0.05) is 20.2 Å². The Labute approximate surface area is 100 Å². The lowest BCUT2D eigenvalue weighted by Crippen LogP contribution is -2.15. The van der Waals surface area contributed by atoms with Crippen molar-refractivity contribution in [1.29, 1.82) is 0 Å². The molecule has 0 aliphatic carbocycles. The van der Waals surface area contributed by atoms with Crippen LogP contribution < -0.4 is 5.73 Å². The average molecular weight is 226 g/mol. The number of rotatable bonds is 4. The van der Waals surface area contributed by atoms with E-state index in [4.69, 9.17) is 5.73 Å². The van der Waals surface area contributed by atoms with Crippen molar-refractivity contribution in [3.63, 3.8) is 0 Å². The van der Waals surface area contributed by atoms with Crippen LogP contribution in [-0.4, -0.2) is 22.2 Å². The topological polar surface area (TPSA) is 56.2 Å². The van der Waals surface area contributed by atoms with Crippen molar-refractivity contribution in [1.82, 2.24) is 9.78 Å². The Morgan fingerprint density at radius 1 is 1.50 bits per heavy atom. The van der Waals surface area contributed by atoms with Gasteiger partial charge in [0.15, 0.2) is 0 Å². The molecule has 0 fully saturated rings. The Morgan fingerprint density at radius 3 is 2.56 bits per heavy atom. The smallest absolute Gasteiger partial charge is 0.129 e. The molecule has 4 heteroatoms. The van der Waals surface area contributed by atoms with Crippen molar-refractivity contribution in [3.8, 4) is 0 Å². The van der Waals surface area contributed by atoms with Gasteiger partial charge in [-0.25, -0.2) is 0 Å². The van der Waals surface area contributed by atoms with Gasteiger partial charge in [0.05, 0.1) is 11.8 Å². The van der Waals surface area contributed by atoms with Crippen LogP contribution in [0.3, 0.4) is 0 Å². The summed E-state index contributed by atoms with van der Waals surface area (Å²) in [7, 11) is 0. The van der Waals surface area contributed by atoms with E-state index < -0.39 is 0 Å². The number of nitrogens with zero attached hydrogens (tertiary/aromatic N) is 3. The third-order valence-electron chi connectivity index (χ3n) is 2.18. The second-order valence-electron chi connectivity index (χ2n) is 3.23.